The first-order valence-electron chi connectivity index (χ1n) is 12.5. The maximum Gasteiger partial charge on any atom is 0.344 e. The molecule has 0 radical (unpaired) electrons. The highest BCUT2D eigenvalue weighted by Gasteiger charge is 2.36. The highest BCUT2D eigenvalue weighted by molar-refractivity contribution is 5.71. The van der Waals surface area contributed by atoms with Crippen molar-refractivity contribution in [1.29, 1.82) is 5.26 Å². The maximum atomic E-state index is 11.4. The molecule has 0 spiro atoms. The molecule has 0 saturated heterocycles. The van der Waals surface area contributed by atoms with Gasteiger partial charge >= 0.3 is 5.97 Å². The van der Waals surface area contributed by atoms with Crippen molar-refractivity contribution in [3.05, 3.63) is 53.6 Å². The van der Waals surface area contributed by atoms with Crippen molar-refractivity contribution in [2.75, 3.05) is 47.6 Å². The SMILES string of the molecule is CCOC(=O)COc1ccc(CCN(C)CCCC(C#N)(c2ccc(OC)c(OC)c2)C(C)C)cc1. The number of nitrogens with zero attached hydrogens (tertiary/aromatic N) is 2. The van der Waals surface area contributed by atoms with Crippen molar-refractivity contribution in [3.8, 4) is 23.3 Å². The van der Waals surface area contributed by atoms with E-state index in [-0.39, 0.29) is 18.5 Å². The van der Waals surface area contributed by atoms with Crippen LogP contribution in [0.15, 0.2) is 42.5 Å². The normalized spacial score (nSPS) is 12.6. The summed E-state index contributed by atoms with van der Waals surface area (Å²) in [6.07, 6.45) is 2.56. The summed E-state index contributed by atoms with van der Waals surface area (Å²) in [7, 11) is 5.34. The van der Waals surface area contributed by atoms with Crippen molar-refractivity contribution >= 4 is 5.97 Å². The number of carbonyl (C=O) groups is 1. The molecule has 0 N–H and O–H groups in total. The zero-order chi connectivity index (χ0) is 26.6. The van der Waals surface area contributed by atoms with E-state index in [2.05, 4.69) is 31.9 Å². The quantitative estimate of drug-likeness (QED) is 0.320. The molecule has 7 nitrogen and oxygen atoms in total. The molecule has 0 amide bonds. The molecule has 7 heteroatoms. The predicted octanol–water partition coefficient (Wildman–Crippen LogP) is 5.02. The molecular weight excluding hydrogens is 456 g/mol. The summed E-state index contributed by atoms with van der Waals surface area (Å²) in [6, 6.07) is 16.2. The van der Waals surface area contributed by atoms with Gasteiger partial charge in [0.25, 0.3) is 0 Å². The minimum atomic E-state index is -0.597. The van der Waals surface area contributed by atoms with Gasteiger partial charge in [0.05, 0.1) is 32.3 Å². The van der Waals surface area contributed by atoms with Gasteiger partial charge in [0.15, 0.2) is 18.1 Å². The van der Waals surface area contributed by atoms with E-state index in [1.165, 1.54) is 5.56 Å². The lowest BCUT2D eigenvalue weighted by molar-refractivity contribution is -0.145. The third-order valence-corrected chi connectivity index (χ3v) is 6.56. The first kappa shape index (κ1) is 29.0. The van der Waals surface area contributed by atoms with Gasteiger partial charge in [-0.3, -0.25) is 0 Å². The molecule has 0 saturated carbocycles. The van der Waals surface area contributed by atoms with E-state index in [9.17, 15) is 10.1 Å². The number of esters is 1. The first-order valence-corrected chi connectivity index (χ1v) is 12.5. The fourth-order valence-corrected chi connectivity index (χ4v) is 4.29. The minimum absolute atomic E-state index is 0.0835. The number of rotatable bonds is 15. The summed E-state index contributed by atoms with van der Waals surface area (Å²) < 4.78 is 21.2. The lowest BCUT2D eigenvalue weighted by atomic mass is 9.69. The van der Waals surface area contributed by atoms with Gasteiger partial charge in [0.2, 0.25) is 0 Å². The van der Waals surface area contributed by atoms with Crippen LogP contribution in [-0.4, -0.2) is 58.4 Å². The second-order valence-electron chi connectivity index (χ2n) is 9.20. The van der Waals surface area contributed by atoms with Gasteiger partial charge in [-0.2, -0.15) is 5.26 Å². The van der Waals surface area contributed by atoms with Crippen LogP contribution in [0.4, 0.5) is 0 Å². The number of carbonyl (C=O) groups excluding carboxylic acids is 1. The van der Waals surface area contributed by atoms with Crippen LogP contribution in [0.5, 0.6) is 17.2 Å². The third kappa shape index (κ3) is 7.89. The fraction of sp³-hybridized carbons (Fsp3) is 0.517. The second kappa shape index (κ2) is 14.4. The van der Waals surface area contributed by atoms with Gasteiger partial charge < -0.3 is 23.8 Å². The molecule has 0 aliphatic heterocycles. The van der Waals surface area contributed by atoms with Crippen LogP contribution >= 0.6 is 0 Å². The Kier molecular flexibility index (Phi) is 11.6. The lowest BCUT2D eigenvalue weighted by Crippen LogP contribution is -2.32. The van der Waals surface area contributed by atoms with E-state index in [1.807, 2.05) is 42.5 Å². The van der Waals surface area contributed by atoms with Crippen molar-refractivity contribution in [3.63, 3.8) is 0 Å². The Hall–Kier alpha value is -3.24. The molecule has 0 bridgehead atoms. The number of ether oxygens (including phenoxy) is 4. The van der Waals surface area contributed by atoms with Crippen LogP contribution in [-0.2, 0) is 21.4 Å². The van der Waals surface area contributed by atoms with E-state index in [0.29, 0.717) is 23.9 Å². The number of benzene rings is 2. The van der Waals surface area contributed by atoms with Crippen LogP contribution in [0.1, 0.15) is 44.7 Å². The van der Waals surface area contributed by atoms with Gasteiger partial charge in [-0.25, -0.2) is 4.79 Å². The Morgan fingerprint density at radius 2 is 1.75 bits per heavy atom. The molecule has 2 rings (SSSR count). The topological polar surface area (TPSA) is 81.0 Å². The molecule has 36 heavy (non-hydrogen) atoms. The van der Waals surface area contributed by atoms with Crippen LogP contribution in [0.3, 0.4) is 0 Å². The van der Waals surface area contributed by atoms with Crippen LogP contribution in [0, 0.1) is 17.2 Å². The van der Waals surface area contributed by atoms with Crippen LogP contribution in [0.25, 0.3) is 0 Å². The van der Waals surface area contributed by atoms with E-state index in [4.69, 9.17) is 18.9 Å². The van der Waals surface area contributed by atoms with Crippen molar-refractivity contribution in [1.82, 2.24) is 4.90 Å². The highest BCUT2D eigenvalue weighted by Crippen LogP contribution is 2.40. The van der Waals surface area contributed by atoms with E-state index in [1.54, 1.807) is 21.1 Å². The number of nitriles is 1. The second-order valence-corrected chi connectivity index (χ2v) is 9.20. The van der Waals surface area contributed by atoms with Gasteiger partial charge in [-0.15, -0.1) is 0 Å². The molecule has 0 aliphatic carbocycles. The number of likely N-dealkylation sites (N-methyl/N-ethyl adjacent to an activating group) is 1. The molecule has 0 fully saturated rings. The molecule has 2 aromatic rings. The molecule has 1 atom stereocenters. The van der Waals surface area contributed by atoms with Crippen molar-refractivity contribution in [2.45, 2.75) is 45.4 Å². The minimum Gasteiger partial charge on any atom is -0.493 e. The average Bonchev–Trinajstić information content (AvgIpc) is 2.89. The third-order valence-electron chi connectivity index (χ3n) is 6.56. The Bertz CT molecular complexity index is 1000. The monoisotopic (exact) mass is 496 g/mol. The summed E-state index contributed by atoms with van der Waals surface area (Å²) in [5.74, 6) is 1.74. The van der Waals surface area contributed by atoms with Gasteiger partial charge in [-0.1, -0.05) is 32.0 Å². The Morgan fingerprint density at radius 1 is 1.06 bits per heavy atom. The molecule has 196 valence electrons. The maximum absolute atomic E-state index is 11.4. The number of hydrogen-bond acceptors (Lipinski definition) is 7. The van der Waals surface area contributed by atoms with Crippen molar-refractivity contribution < 1.29 is 23.7 Å². The standard InChI is InChI=1S/C29H40N2O5/c1-7-35-28(32)20-36-25-12-9-23(10-13-25)15-18-31(4)17-8-16-29(21-30,22(2)3)24-11-14-26(33-5)27(19-24)34-6/h9-14,19,22H,7-8,15-18,20H2,1-6H3. The van der Waals surface area contributed by atoms with E-state index in [0.717, 1.165) is 37.9 Å². The fourth-order valence-electron chi connectivity index (χ4n) is 4.29. The molecule has 0 aromatic heterocycles. The van der Waals surface area contributed by atoms with E-state index < -0.39 is 5.41 Å². The summed E-state index contributed by atoms with van der Waals surface area (Å²) in [4.78, 5) is 13.7. The van der Waals surface area contributed by atoms with Gasteiger partial charge in [0, 0.05) is 6.54 Å². The number of hydrogen-bond donors (Lipinski definition) is 0. The zero-order valence-corrected chi connectivity index (χ0v) is 22.5. The first-order chi connectivity index (χ1) is 17.3. The van der Waals surface area contributed by atoms with Crippen molar-refractivity contribution in [2.24, 2.45) is 5.92 Å². The van der Waals surface area contributed by atoms with Crippen LogP contribution in [0.2, 0.25) is 0 Å². The molecule has 2 aromatic carbocycles. The zero-order valence-electron chi connectivity index (χ0n) is 22.5. The Morgan fingerprint density at radius 3 is 2.33 bits per heavy atom. The van der Waals surface area contributed by atoms with Crippen LogP contribution < -0.4 is 14.2 Å². The summed E-state index contributed by atoms with van der Waals surface area (Å²) in [6.45, 7) is 8.03. The molecule has 0 heterocycles. The Labute approximate surface area is 215 Å². The Balaban J connectivity index is 1.90. The largest absolute Gasteiger partial charge is 0.493 e. The predicted molar refractivity (Wildman–Crippen MR) is 141 cm³/mol. The van der Waals surface area contributed by atoms with E-state index >= 15 is 0 Å². The average molecular weight is 497 g/mol. The molecular formula is C29H40N2O5. The highest BCUT2D eigenvalue weighted by atomic mass is 16.6. The van der Waals surface area contributed by atoms with Gasteiger partial charge in [0.1, 0.15) is 5.75 Å². The molecule has 1 unspecified atom stereocenters. The summed E-state index contributed by atoms with van der Waals surface area (Å²) in [5.41, 5.74) is 1.56. The van der Waals surface area contributed by atoms with Gasteiger partial charge in [-0.05, 0) is 81.1 Å². The summed E-state index contributed by atoms with van der Waals surface area (Å²) >= 11 is 0. The molecule has 0 aliphatic rings. The number of methoxy groups -OCH3 is 2. The summed E-state index contributed by atoms with van der Waals surface area (Å²) in [5, 5.41) is 10.3. The lowest BCUT2D eigenvalue weighted by Gasteiger charge is -2.32. The smallest absolute Gasteiger partial charge is 0.344 e.